The zero-order chi connectivity index (χ0) is 16.4. The van der Waals surface area contributed by atoms with Gasteiger partial charge in [0.2, 0.25) is 5.91 Å². The summed E-state index contributed by atoms with van der Waals surface area (Å²) in [5.74, 6) is 0.0831. The minimum atomic E-state index is -0.983. The fourth-order valence-electron chi connectivity index (χ4n) is 1.77. The normalized spacial score (nSPS) is 10.1. The van der Waals surface area contributed by atoms with Gasteiger partial charge in [0.15, 0.2) is 0 Å². The number of nitrogens with one attached hydrogen (secondary N) is 1. The van der Waals surface area contributed by atoms with Gasteiger partial charge >= 0.3 is 5.97 Å². The molecule has 1 rings (SSSR count). The molecule has 6 nitrogen and oxygen atoms in total. The van der Waals surface area contributed by atoms with Crippen LogP contribution in [0.4, 0.5) is 0 Å². The predicted molar refractivity (Wildman–Crippen MR) is 82.1 cm³/mol. The van der Waals surface area contributed by atoms with Crippen molar-refractivity contribution in [2.24, 2.45) is 0 Å². The Hall–Kier alpha value is -2.24. The Kier molecular flexibility index (Phi) is 7.81. The molecule has 2 N–H and O–H groups in total. The number of ether oxygens (including phenoxy) is 2. The van der Waals surface area contributed by atoms with Crippen LogP contribution in [0.15, 0.2) is 18.2 Å². The van der Waals surface area contributed by atoms with Crippen molar-refractivity contribution in [3.8, 4) is 11.5 Å². The fraction of sp³-hybridized carbons (Fsp3) is 0.500. The lowest BCUT2D eigenvalue weighted by Crippen LogP contribution is -2.23. The highest BCUT2D eigenvalue weighted by atomic mass is 16.5. The molecular weight excluding hydrogens is 286 g/mol. The monoisotopic (exact) mass is 309 g/mol. The molecule has 0 aliphatic carbocycles. The Labute approximate surface area is 130 Å². The van der Waals surface area contributed by atoms with Gasteiger partial charge in [0.05, 0.1) is 20.1 Å². The summed E-state index contributed by atoms with van der Waals surface area (Å²) in [5, 5.41) is 11.3. The first-order chi connectivity index (χ1) is 10.6. The number of carbonyl (C=O) groups excluding carboxylic acids is 1. The highest BCUT2D eigenvalue weighted by molar-refractivity contribution is 5.80. The van der Waals surface area contributed by atoms with Crippen LogP contribution in [0.2, 0.25) is 0 Å². The van der Waals surface area contributed by atoms with Crippen LogP contribution in [-0.4, -0.2) is 30.7 Å². The molecular formula is C16H23NO5. The SMILES string of the molecule is CCCCOc1cc(OC)ccc1CNC(=O)CCC(=O)O. The van der Waals surface area contributed by atoms with Crippen LogP contribution >= 0.6 is 0 Å². The molecule has 0 fully saturated rings. The van der Waals surface area contributed by atoms with Crippen molar-refractivity contribution in [3.05, 3.63) is 23.8 Å². The van der Waals surface area contributed by atoms with Gasteiger partial charge < -0.3 is 19.9 Å². The number of methoxy groups -OCH3 is 1. The second kappa shape index (κ2) is 9.65. The Bertz CT molecular complexity index is 501. The number of rotatable bonds is 10. The molecule has 0 saturated heterocycles. The van der Waals surface area contributed by atoms with E-state index in [0.29, 0.717) is 24.7 Å². The smallest absolute Gasteiger partial charge is 0.303 e. The maximum Gasteiger partial charge on any atom is 0.303 e. The number of hydrogen-bond donors (Lipinski definition) is 2. The lowest BCUT2D eigenvalue weighted by molar-refractivity contribution is -0.138. The zero-order valence-corrected chi connectivity index (χ0v) is 13.1. The predicted octanol–water partition coefficient (Wildman–Crippen LogP) is 2.36. The van der Waals surface area contributed by atoms with Crippen LogP contribution < -0.4 is 14.8 Å². The largest absolute Gasteiger partial charge is 0.497 e. The van der Waals surface area contributed by atoms with Gasteiger partial charge in [-0.05, 0) is 18.6 Å². The van der Waals surface area contributed by atoms with Crippen LogP contribution in [0, 0.1) is 0 Å². The summed E-state index contributed by atoms with van der Waals surface area (Å²) in [6.07, 6.45) is 1.78. The molecule has 0 heterocycles. The summed E-state index contributed by atoms with van der Waals surface area (Å²) < 4.78 is 10.9. The first-order valence-electron chi connectivity index (χ1n) is 7.35. The lowest BCUT2D eigenvalue weighted by Gasteiger charge is -2.13. The molecule has 1 aromatic rings. The standard InChI is InChI=1S/C16H23NO5/c1-3-4-9-22-14-10-13(21-2)6-5-12(14)11-17-15(18)7-8-16(19)20/h5-6,10H,3-4,7-9,11H2,1-2H3,(H,17,18)(H,19,20). The van der Waals surface area contributed by atoms with E-state index in [1.807, 2.05) is 6.07 Å². The summed E-state index contributed by atoms with van der Waals surface area (Å²) in [5.41, 5.74) is 0.834. The molecule has 0 aromatic heterocycles. The van der Waals surface area contributed by atoms with E-state index < -0.39 is 5.97 Å². The summed E-state index contributed by atoms with van der Waals surface area (Å²) in [7, 11) is 1.58. The molecule has 0 spiro atoms. The number of aliphatic carboxylic acids is 1. The summed E-state index contributed by atoms with van der Waals surface area (Å²) in [6.45, 7) is 2.98. The molecule has 1 amide bonds. The van der Waals surface area contributed by atoms with Crippen molar-refractivity contribution in [1.29, 1.82) is 0 Å². The molecule has 6 heteroatoms. The number of amides is 1. The van der Waals surface area contributed by atoms with E-state index in [4.69, 9.17) is 14.6 Å². The van der Waals surface area contributed by atoms with E-state index in [2.05, 4.69) is 12.2 Å². The van der Waals surface area contributed by atoms with E-state index in [0.717, 1.165) is 18.4 Å². The van der Waals surface area contributed by atoms with Gasteiger partial charge in [0.25, 0.3) is 0 Å². The number of benzene rings is 1. The van der Waals surface area contributed by atoms with Crippen LogP contribution in [0.5, 0.6) is 11.5 Å². The first kappa shape index (κ1) is 17.8. The molecule has 0 aliphatic heterocycles. The summed E-state index contributed by atoms with van der Waals surface area (Å²) in [6, 6.07) is 5.41. The first-order valence-corrected chi connectivity index (χ1v) is 7.35. The molecule has 0 radical (unpaired) electrons. The molecule has 0 saturated carbocycles. The Morgan fingerprint density at radius 2 is 2.05 bits per heavy atom. The van der Waals surface area contributed by atoms with Crippen molar-refractivity contribution in [3.63, 3.8) is 0 Å². The topological polar surface area (TPSA) is 84.9 Å². The van der Waals surface area contributed by atoms with Crippen molar-refractivity contribution >= 4 is 11.9 Å². The minimum absolute atomic E-state index is 0.0302. The van der Waals surface area contributed by atoms with Crippen LogP contribution in [0.25, 0.3) is 0 Å². The second-order valence-electron chi connectivity index (χ2n) is 4.85. The maximum atomic E-state index is 11.6. The van der Waals surface area contributed by atoms with E-state index in [9.17, 15) is 9.59 Å². The van der Waals surface area contributed by atoms with E-state index >= 15 is 0 Å². The van der Waals surface area contributed by atoms with Gasteiger partial charge in [-0.25, -0.2) is 0 Å². The fourth-order valence-corrected chi connectivity index (χ4v) is 1.77. The summed E-state index contributed by atoms with van der Waals surface area (Å²) >= 11 is 0. The van der Waals surface area contributed by atoms with Crippen molar-refractivity contribution in [2.45, 2.75) is 39.2 Å². The van der Waals surface area contributed by atoms with E-state index in [1.54, 1.807) is 19.2 Å². The van der Waals surface area contributed by atoms with Gasteiger partial charge in [-0.2, -0.15) is 0 Å². The third kappa shape index (κ3) is 6.47. The molecule has 0 atom stereocenters. The van der Waals surface area contributed by atoms with Crippen LogP contribution in [0.1, 0.15) is 38.2 Å². The second-order valence-corrected chi connectivity index (χ2v) is 4.85. The lowest BCUT2D eigenvalue weighted by atomic mass is 10.2. The van der Waals surface area contributed by atoms with Crippen LogP contribution in [0.3, 0.4) is 0 Å². The van der Waals surface area contributed by atoms with Crippen molar-refractivity contribution < 1.29 is 24.2 Å². The third-order valence-electron chi connectivity index (χ3n) is 3.07. The summed E-state index contributed by atoms with van der Waals surface area (Å²) in [4.78, 5) is 22.0. The molecule has 0 aliphatic rings. The molecule has 0 bridgehead atoms. The highest BCUT2D eigenvalue weighted by Crippen LogP contribution is 2.25. The van der Waals surface area contributed by atoms with Crippen molar-refractivity contribution in [2.75, 3.05) is 13.7 Å². The van der Waals surface area contributed by atoms with Gasteiger partial charge in [-0.3, -0.25) is 9.59 Å². The van der Waals surface area contributed by atoms with Crippen molar-refractivity contribution in [1.82, 2.24) is 5.32 Å². The maximum absolute atomic E-state index is 11.6. The number of carboxylic acid groups (broad SMARTS) is 1. The highest BCUT2D eigenvalue weighted by Gasteiger charge is 2.09. The number of hydrogen-bond acceptors (Lipinski definition) is 4. The van der Waals surface area contributed by atoms with Gasteiger partial charge in [-0.15, -0.1) is 0 Å². The van der Waals surface area contributed by atoms with Crippen LogP contribution in [-0.2, 0) is 16.1 Å². The average molecular weight is 309 g/mol. The van der Waals surface area contributed by atoms with Gasteiger partial charge in [-0.1, -0.05) is 13.3 Å². The Morgan fingerprint density at radius 3 is 2.68 bits per heavy atom. The average Bonchev–Trinajstić information content (AvgIpc) is 2.51. The minimum Gasteiger partial charge on any atom is -0.497 e. The zero-order valence-electron chi connectivity index (χ0n) is 13.1. The molecule has 22 heavy (non-hydrogen) atoms. The van der Waals surface area contributed by atoms with E-state index in [1.165, 1.54) is 0 Å². The Morgan fingerprint density at radius 1 is 1.27 bits per heavy atom. The number of carboxylic acids is 1. The molecule has 1 aromatic carbocycles. The van der Waals surface area contributed by atoms with Gasteiger partial charge in [0, 0.05) is 24.6 Å². The van der Waals surface area contributed by atoms with E-state index in [-0.39, 0.29) is 18.7 Å². The Balaban J connectivity index is 2.63. The quantitative estimate of drug-likeness (QED) is 0.648. The number of unbranched alkanes of at least 4 members (excludes halogenated alkanes) is 1. The molecule has 0 unspecified atom stereocenters. The van der Waals surface area contributed by atoms with Gasteiger partial charge in [0.1, 0.15) is 11.5 Å². The third-order valence-corrected chi connectivity index (χ3v) is 3.07. The number of carbonyl (C=O) groups is 2. The molecule has 122 valence electrons.